The second kappa shape index (κ2) is 9.67. The molecule has 1 unspecified atom stereocenters. The zero-order chi connectivity index (χ0) is 27.1. The van der Waals surface area contributed by atoms with Gasteiger partial charge in [-0.25, -0.2) is 4.98 Å². The van der Waals surface area contributed by atoms with Crippen LogP contribution in [0.1, 0.15) is 42.6 Å². The van der Waals surface area contributed by atoms with Gasteiger partial charge in [0.2, 0.25) is 0 Å². The third-order valence-electron chi connectivity index (χ3n) is 6.32. The predicted octanol–water partition coefficient (Wildman–Crippen LogP) is 5.36. The molecule has 4 aromatic rings. The molecule has 1 fully saturated rings. The predicted molar refractivity (Wildman–Crippen MR) is 142 cm³/mol. The molecule has 0 radical (unpaired) electrons. The van der Waals surface area contributed by atoms with E-state index in [9.17, 15) is 24.8 Å². The molecule has 0 saturated carbocycles. The van der Waals surface area contributed by atoms with Crippen LogP contribution in [-0.2, 0) is 9.59 Å². The van der Waals surface area contributed by atoms with E-state index < -0.39 is 22.7 Å². The number of hydrogen-bond acceptors (Lipinski definition) is 9. The van der Waals surface area contributed by atoms with Gasteiger partial charge in [-0.05, 0) is 47.9 Å². The molecule has 38 heavy (non-hydrogen) atoms. The number of non-ortho nitro benzene ring substituents is 1. The highest BCUT2D eigenvalue weighted by Gasteiger charge is 2.49. The standard InChI is InChI=1S/C27H22N4O6S/c1-14(2)17-12-15(7-10-20(17)37-3)24(32)22-23(19-6-4-5-11-28-19)30(26(34)25(22)33)27-29-18-9-8-16(31(35)36)13-21(18)38-27/h4-14,23,32H,1-3H3/b24-22+. The topological polar surface area (TPSA) is 136 Å². The van der Waals surface area contributed by atoms with Gasteiger partial charge in [-0.15, -0.1) is 0 Å². The normalized spacial score (nSPS) is 16.9. The van der Waals surface area contributed by atoms with Crippen molar-refractivity contribution >= 4 is 49.8 Å². The van der Waals surface area contributed by atoms with Crippen molar-refractivity contribution < 1.29 is 24.4 Å². The fraction of sp³-hybridized carbons (Fsp3) is 0.185. The number of carbonyl (C=O) groups excluding carboxylic acids is 2. The van der Waals surface area contributed by atoms with Crippen LogP contribution in [0, 0.1) is 10.1 Å². The van der Waals surface area contributed by atoms with Crippen molar-refractivity contribution in [3.8, 4) is 5.75 Å². The van der Waals surface area contributed by atoms with E-state index in [2.05, 4.69) is 9.97 Å². The average molecular weight is 531 g/mol. The zero-order valence-electron chi connectivity index (χ0n) is 20.6. The average Bonchev–Trinajstić information content (AvgIpc) is 3.45. The molecule has 1 amide bonds. The van der Waals surface area contributed by atoms with E-state index in [4.69, 9.17) is 4.74 Å². The van der Waals surface area contributed by atoms with Crippen LogP contribution in [0.15, 0.2) is 66.4 Å². The number of thiazole rings is 1. The Morgan fingerprint density at radius 2 is 1.95 bits per heavy atom. The number of amides is 1. The molecule has 5 rings (SSSR count). The van der Waals surface area contributed by atoms with Crippen molar-refractivity contribution in [1.29, 1.82) is 0 Å². The van der Waals surface area contributed by atoms with Gasteiger partial charge in [0.25, 0.3) is 11.5 Å². The summed E-state index contributed by atoms with van der Waals surface area (Å²) < 4.78 is 5.92. The van der Waals surface area contributed by atoms with Crippen LogP contribution in [0.25, 0.3) is 16.0 Å². The van der Waals surface area contributed by atoms with Gasteiger partial charge in [0.15, 0.2) is 5.13 Å². The maximum atomic E-state index is 13.4. The number of aliphatic hydroxyl groups excluding tert-OH is 1. The van der Waals surface area contributed by atoms with E-state index in [1.54, 1.807) is 43.5 Å². The molecule has 0 spiro atoms. The van der Waals surface area contributed by atoms with Crippen molar-refractivity contribution in [2.24, 2.45) is 0 Å². The first kappa shape index (κ1) is 25.0. The van der Waals surface area contributed by atoms with Gasteiger partial charge in [-0.2, -0.15) is 0 Å². The minimum Gasteiger partial charge on any atom is -0.507 e. The van der Waals surface area contributed by atoms with Gasteiger partial charge in [0.05, 0.1) is 33.5 Å². The number of anilines is 1. The summed E-state index contributed by atoms with van der Waals surface area (Å²) in [5, 5.41) is 22.8. The summed E-state index contributed by atoms with van der Waals surface area (Å²) in [6.45, 7) is 3.96. The number of hydrogen-bond donors (Lipinski definition) is 1. The molecule has 1 aliphatic rings. The first-order valence-electron chi connectivity index (χ1n) is 11.7. The number of aromatic nitrogens is 2. The third-order valence-corrected chi connectivity index (χ3v) is 7.33. The monoisotopic (exact) mass is 530 g/mol. The smallest absolute Gasteiger partial charge is 0.301 e. The summed E-state index contributed by atoms with van der Waals surface area (Å²) in [6, 6.07) is 13.3. The maximum Gasteiger partial charge on any atom is 0.301 e. The van der Waals surface area contributed by atoms with Crippen molar-refractivity contribution in [3.05, 3.63) is 93.3 Å². The summed E-state index contributed by atoms with van der Waals surface area (Å²) in [5.74, 6) is -1.40. The molecule has 192 valence electrons. The number of fused-ring (bicyclic) bond motifs is 1. The van der Waals surface area contributed by atoms with Crippen molar-refractivity contribution in [3.63, 3.8) is 0 Å². The van der Waals surface area contributed by atoms with E-state index >= 15 is 0 Å². The lowest BCUT2D eigenvalue weighted by molar-refractivity contribution is -0.384. The van der Waals surface area contributed by atoms with Gasteiger partial charge in [0.1, 0.15) is 17.6 Å². The summed E-state index contributed by atoms with van der Waals surface area (Å²) >= 11 is 1.04. The van der Waals surface area contributed by atoms with Gasteiger partial charge in [0, 0.05) is 23.9 Å². The maximum absolute atomic E-state index is 13.4. The molecule has 3 heterocycles. The molecule has 1 saturated heterocycles. The lowest BCUT2D eigenvalue weighted by atomic mass is 9.94. The van der Waals surface area contributed by atoms with E-state index in [0.717, 1.165) is 16.9 Å². The second-order valence-electron chi connectivity index (χ2n) is 8.94. The molecule has 10 nitrogen and oxygen atoms in total. The van der Waals surface area contributed by atoms with Crippen LogP contribution >= 0.6 is 11.3 Å². The number of nitro benzene ring substituents is 1. The Bertz CT molecular complexity index is 1630. The lowest BCUT2D eigenvalue weighted by Crippen LogP contribution is -2.29. The molecular formula is C27H22N4O6S. The number of methoxy groups -OCH3 is 1. The highest BCUT2D eigenvalue weighted by Crippen LogP contribution is 2.44. The number of benzene rings is 2. The first-order valence-corrected chi connectivity index (χ1v) is 12.5. The van der Waals surface area contributed by atoms with Crippen LogP contribution in [0.2, 0.25) is 0 Å². The highest BCUT2D eigenvalue weighted by atomic mass is 32.1. The molecule has 0 aliphatic carbocycles. The molecular weight excluding hydrogens is 508 g/mol. The molecule has 2 aromatic carbocycles. The fourth-order valence-corrected chi connectivity index (χ4v) is 5.48. The minimum atomic E-state index is -1.06. The van der Waals surface area contributed by atoms with E-state index in [-0.39, 0.29) is 28.1 Å². The summed E-state index contributed by atoms with van der Waals surface area (Å²) in [5.41, 5.74) is 1.74. The van der Waals surface area contributed by atoms with Crippen LogP contribution in [0.4, 0.5) is 10.8 Å². The first-order chi connectivity index (χ1) is 18.2. The largest absolute Gasteiger partial charge is 0.507 e. The van der Waals surface area contributed by atoms with Crippen molar-refractivity contribution in [1.82, 2.24) is 9.97 Å². The summed E-state index contributed by atoms with van der Waals surface area (Å²) in [6.07, 6.45) is 1.53. The third kappa shape index (κ3) is 4.16. The van der Waals surface area contributed by atoms with Crippen LogP contribution in [0.5, 0.6) is 5.75 Å². The Morgan fingerprint density at radius 3 is 2.61 bits per heavy atom. The highest BCUT2D eigenvalue weighted by molar-refractivity contribution is 7.22. The lowest BCUT2D eigenvalue weighted by Gasteiger charge is -2.22. The number of Topliss-reactive ketones (excluding diaryl/α,β-unsaturated/α-hetero) is 1. The number of pyridine rings is 1. The van der Waals surface area contributed by atoms with Crippen LogP contribution in [0.3, 0.4) is 0 Å². The van der Waals surface area contributed by atoms with Crippen LogP contribution < -0.4 is 9.64 Å². The molecule has 0 bridgehead atoms. The quantitative estimate of drug-likeness (QED) is 0.116. The van der Waals surface area contributed by atoms with E-state index in [1.807, 2.05) is 13.8 Å². The molecule has 1 aliphatic heterocycles. The van der Waals surface area contributed by atoms with E-state index in [0.29, 0.717) is 27.2 Å². The Kier molecular flexibility index (Phi) is 6.37. The van der Waals surface area contributed by atoms with Gasteiger partial charge in [-0.3, -0.25) is 29.6 Å². The molecule has 1 atom stereocenters. The van der Waals surface area contributed by atoms with Crippen molar-refractivity contribution in [2.45, 2.75) is 25.8 Å². The Balaban J connectivity index is 1.70. The Morgan fingerprint density at radius 1 is 1.16 bits per heavy atom. The fourth-order valence-electron chi connectivity index (χ4n) is 4.45. The number of aliphatic hydroxyl groups is 1. The number of carbonyl (C=O) groups is 2. The van der Waals surface area contributed by atoms with Gasteiger partial charge in [-0.1, -0.05) is 31.3 Å². The minimum absolute atomic E-state index is 0.0681. The molecule has 1 N–H and O–H groups in total. The summed E-state index contributed by atoms with van der Waals surface area (Å²) in [4.78, 5) is 47.6. The summed E-state index contributed by atoms with van der Waals surface area (Å²) in [7, 11) is 1.56. The van der Waals surface area contributed by atoms with Crippen LogP contribution in [-0.4, -0.2) is 38.8 Å². The SMILES string of the molecule is COc1ccc(/C(O)=C2\C(=O)C(=O)N(c3nc4ccc([N+](=O)[O-])cc4s3)C2c2ccccn2)cc1C(C)C. The second-order valence-corrected chi connectivity index (χ2v) is 9.95. The van der Waals surface area contributed by atoms with Gasteiger partial charge >= 0.3 is 5.91 Å². The number of nitrogens with zero attached hydrogens (tertiary/aromatic N) is 4. The Labute approximate surface area is 221 Å². The number of ether oxygens (including phenoxy) is 1. The zero-order valence-corrected chi connectivity index (χ0v) is 21.4. The molecule has 11 heteroatoms. The Hall–Kier alpha value is -4.64. The number of ketones is 1. The van der Waals surface area contributed by atoms with Crippen molar-refractivity contribution in [2.75, 3.05) is 12.0 Å². The number of nitro groups is 1. The number of rotatable bonds is 6. The van der Waals surface area contributed by atoms with E-state index in [1.165, 1.54) is 29.3 Å². The van der Waals surface area contributed by atoms with Gasteiger partial charge < -0.3 is 9.84 Å². The molecule has 2 aromatic heterocycles.